The SMILES string of the molecule is O=C(c1ccncc1)N1CCCC1c1nc(CCOc2ccc(F)cc2)no1. The molecule has 4 rings (SSSR count). The minimum Gasteiger partial charge on any atom is -0.493 e. The third-order valence-electron chi connectivity index (χ3n) is 4.62. The van der Waals surface area contributed by atoms with Crippen molar-refractivity contribution in [2.75, 3.05) is 13.2 Å². The fourth-order valence-corrected chi connectivity index (χ4v) is 3.22. The third kappa shape index (κ3) is 4.00. The second kappa shape index (κ2) is 8.16. The van der Waals surface area contributed by atoms with Gasteiger partial charge in [0.05, 0.1) is 6.61 Å². The molecular formula is C20H19FN4O3. The fraction of sp³-hybridized carbons (Fsp3) is 0.300. The Hall–Kier alpha value is -3.29. The molecule has 7 nitrogen and oxygen atoms in total. The lowest BCUT2D eigenvalue weighted by atomic mass is 10.2. The highest BCUT2D eigenvalue weighted by Crippen LogP contribution is 2.32. The van der Waals surface area contributed by atoms with Crippen LogP contribution in [0.15, 0.2) is 53.3 Å². The van der Waals surface area contributed by atoms with E-state index in [-0.39, 0.29) is 17.8 Å². The van der Waals surface area contributed by atoms with Gasteiger partial charge in [-0.2, -0.15) is 4.98 Å². The van der Waals surface area contributed by atoms with Gasteiger partial charge in [0.25, 0.3) is 5.91 Å². The standard InChI is InChI=1S/C20H19FN4O3/c21-15-3-5-16(6-4-15)27-13-9-18-23-19(28-24-18)17-2-1-12-25(17)20(26)14-7-10-22-11-8-14/h3-8,10-11,17H,1-2,9,12-13H2. The summed E-state index contributed by atoms with van der Waals surface area (Å²) in [6, 6.07) is 9.00. The summed E-state index contributed by atoms with van der Waals surface area (Å²) >= 11 is 0. The number of halogens is 1. The van der Waals surface area contributed by atoms with Crippen LogP contribution in [0.4, 0.5) is 4.39 Å². The van der Waals surface area contributed by atoms with Crippen molar-refractivity contribution in [3.8, 4) is 5.75 Å². The Labute approximate surface area is 161 Å². The van der Waals surface area contributed by atoms with Crippen molar-refractivity contribution >= 4 is 5.91 Å². The van der Waals surface area contributed by atoms with Crippen LogP contribution in [0, 0.1) is 5.82 Å². The minimum atomic E-state index is -0.308. The molecule has 0 saturated carbocycles. The van der Waals surface area contributed by atoms with E-state index < -0.39 is 0 Å². The van der Waals surface area contributed by atoms with Crippen molar-refractivity contribution in [1.82, 2.24) is 20.0 Å². The summed E-state index contributed by atoms with van der Waals surface area (Å²) in [7, 11) is 0. The minimum absolute atomic E-state index is 0.0655. The maximum atomic E-state index is 12.9. The Bertz CT molecular complexity index is 930. The molecule has 0 radical (unpaired) electrons. The van der Waals surface area contributed by atoms with E-state index in [9.17, 15) is 9.18 Å². The molecular weight excluding hydrogens is 363 g/mol. The lowest BCUT2D eigenvalue weighted by molar-refractivity contribution is 0.0710. The highest BCUT2D eigenvalue weighted by atomic mass is 19.1. The average molecular weight is 382 g/mol. The van der Waals surface area contributed by atoms with E-state index in [0.29, 0.717) is 42.6 Å². The smallest absolute Gasteiger partial charge is 0.254 e. The zero-order valence-electron chi connectivity index (χ0n) is 15.1. The van der Waals surface area contributed by atoms with Crippen LogP contribution in [-0.4, -0.2) is 39.1 Å². The van der Waals surface area contributed by atoms with Gasteiger partial charge < -0.3 is 14.2 Å². The first-order valence-corrected chi connectivity index (χ1v) is 9.12. The molecule has 1 aliphatic rings. The molecule has 1 fully saturated rings. The van der Waals surface area contributed by atoms with E-state index in [1.54, 1.807) is 41.6 Å². The number of hydrogen-bond acceptors (Lipinski definition) is 6. The number of likely N-dealkylation sites (tertiary alicyclic amines) is 1. The summed E-state index contributed by atoms with van der Waals surface area (Å²) in [6.07, 6.45) is 5.32. The molecule has 0 N–H and O–H groups in total. The van der Waals surface area contributed by atoms with Crippen molar-refractivity contribution in [2.45, 2.75) is 25.3 Å². The Morgan fingerprint density at radius 2 is 2.00 bits per heavy atom. The Balaban J connectivity index is 1.37. The average Bonchev–Trinajstić information content (AvgIpc) is 3.39. The summed E-state index contributed by atoms with van der Waals surface area (Å²) in [6.45, 7) is 0.992. The monoisotopic (exact) mass is 382 g/mol. The van der Waals surface area contributed by atoms with Gasteiger partial charge in [-0.1, -0.05) is 5.16 Å². The molecule has 1 amide bonds. The number of rotatable bonds is 6. The second-order valence-electron chi connectivity index (χ2n) is 6.49. The van der Waals surface area contributed by atoms with Gasteiger partial charge in [-0.3, -0.25) is 9.78 Å². The van der Waals surface area contributed by atoms with Crippen LogP contribution in [0.25, 0.3) is 0 Å². The molecule has 1 saturated heterocycles. The second-order valence-corrected chi connectivity index (χ2v) is 6.49. The third-order valence-corrected chi connectivity index (χ3v) is 4.62. The number of aromatic nitrogens is 3. The van der Waals surface area contributed by atoms with Crippen molar-refractivity contribution in [2.24, 2.45) is 0 Å². The molecule has 2 aromatic heterocycles. The van der Waals surface area contributed by atoms with Crippen LogP contribution >= 0.6 is 0 Å². The van der Waals surface area contributed by atoms with Gasteiger partial charge >= 0.3 is 0 Å². The van der Waals surface area contributed by atoms with Crippen LogP contribution in [0.5, 0.6) is 5.75 Å². The highest BCUT2D eigenvalue weighted by molar-refractivity contribution is 5.94. The van der Waals surface area contributed by atoms with Crippen LogP contribution in [0.1, 0.15) is 41.0 Å². The fourth-order valence-electron chi connectivity index (χ4n) is 3.22. The number of benzene rings is 1. The lowest BCUT2D eigenvalue weighted by Gasteiger charge is -2.21. The summed E-state index contributed by atoms with van der Waals surface area (Å²) in [5.41, 5.74) is 0.592. The van der Waals surface area contributed by atoms with Crippen molar-refractivity contribution < 1.29 is 18.4 Å². The van der Waals surface area contributed by atoms with E-state index in [0.717, 1.165) is 12.8 Å². The maximum absolute atomic E-state index is 12.9. The van der Waals surface area contributed by atoms with Crippen LogP contribution < -0.4 is 4.74 Å². The lowest BCUT2D eigenvalue weighted by Crippen LogP contribution is -2.30. The molecule has 8 heteroatoms. The zero-order chi connectivity index (χ0) is 19.3. The number of hydrogen-bond donors (Lipinski definition) is 0. The predicted molar refractivity (Wildman–Crippen MR) is 97.1 cm³/mol. The van der Waals surface area contributed by atoms with Gasteiger partial charge in [-0.25, -0.2) is 4.39 Å². The molecule has 28 heavy (non-hydrogen) atoms. The number of ether oxygens (including phenoxy) is 1. The molecule has 1 aromatic carbocycles. The van der Waals surface area contributed by atoms with E-state index in [2.05, 4.69) is 15.1 Å². The van der Waals surface area contributed by atoms with Crippen LogP contribution in [0.3, 0.4) is 0 Å². The van der Waals surface area contributed by atoms with E-state index in [4.69, 9.17) is 9.26 Å². The first-order chi connectivity index (χ1) is 13.7. The molecule has 3 heterocycles. The van der Waals surface area contributed by atoms with Gasteiger partial charge in [0, 0.05) is 30.9 Å². The normalized spacial score (nSPS) is 16.3. The van der Waals surface area contributed by atoms with Gasteiger partial charge in [-0.05, 0) is 49.2 Å². The van der Waals surface area contributed by atoms with Crippen molar-refractivity contribution in [3.63, 3.8) is 0 Å². The number of carbonyl (C=O) groups excluding carboxylic acids is 1. The molecule has 144 valence electrons. The number of carbonyl (C=O) groups is 1. The molecule has 3 aromatic rings. The molecule has 0 bridgehead atoms. The molecule has 1 atom stereocenters. The molecule has 0 aliphatic carbocycles. The van der Waals surface area contributed by atoms with Crippen LogP contribution in [0.2, 0.25) is 0 Å². The van der Waals surface area contributed by atoms with Gasteiger partial charge in [0.1, 0.15) is 17.6 Å². The topological polar surface area (TPSA) is 81.4 Å². The predicted octanol–water partition coefficient (Wildman–Crippen LogP) is 3.20. The number of amides is 1. The zero-order valence-corrected chi connectivity index (χ0v) is 15.1. The summed E-state index contributed by atoms with van der Waals surface area (Å²) < 4.78 is 23.9. The Kier molecular flexibility index (Phi) is 5.27. The van der Waals surface area contributed by atoms with E-state index in [1.807, 2.05) is 0 Å². The van der Waals surface area contributed by atoms with Gasteiger partial charge in [-0.15, -0.1) is 0 Å². The molecule has 1 aliphatic heterocycles. The number of pyridine rings is 1. The van der Waals surface area contributed by atoms with Crippen molar-refractivity contribution in [3.05, 3.63) is 71.9 Å². The van der Waals surface area contributed by atoms with Crippen LogP contribution in [-0.2, 0) is 6.42 Å². The van der Waals surface area contributed by atoms with E-state index in [1.165, 1.54) is 12.1 Å². The Morgan fingerprint density at radius 1 is 1.21 bits per heavy atom. The van der Waals surface area contributed by atoms with E-state index >= 15 is 0 Å². The van der Waals surface area contributed by atoms with Gasteiger partial charge in [0.2, 0.25) is 5.89 Å². The first kappa shape index (κ1) is 18.1. The quantitative estimate of drug-likeness (QED) is 0.651. The first-order valence-electron chi connectivity index (χ1n) is 9.12. The Morgan fingerprint density at radius 3 is 2.79 bits per heavy atom. The number of nitrogens with zero attached hydrogens (tertiary/aromatic N) is 4. The summed E-state index contributed by atoms with van der Waals surface area (Å²) in [5, 5.41) is 4.00. The molecule has 0 spiro atoms. The van der Waals surface area contributed by atoms with Crippen molar-refractivity contribution in [1.29, 1.82) is 0 Å². The summed E-state index contributed by atoms with van der Waals surface area (Å²) in [5.74, 6) is 1.16. The molecule has 1 unspecified atom stereocenters. The van der Waals surface area contributed by atoms with Gasteiger partial charge in [0.15, 0.2) is 5.82 Å². The largest absolute Gasteiger partial charge is 0.493 e. The maximum Gasteiger partial charge on any atom is 0.254 e. The highest BCUT2D eigenvalue weighted by Gasteiger charge is 2.34. The summed E-state index contributed by atoms with van der Waals surface area (Å²) in [4.78, 5) is 22.9.